The number of carbonyl (C=O) groups is 1. The van der Waals surface area contributed by atoms with Crippen LogP contribution in [0.3, 0.4) is 0 Å². The van der Waals surface area contributed by atoms with Gasteiger partial charge in [-0.25, -0.2) is 5.84 Å². The molecule has 0 aliphatic carbocycles. The third-order valence-corrected chi connectivity index (χ3v) is 5.07. The maximum Gasteiger partial charge on any atom is 0.275 e. The Kier molecular flexibility index (Phi) is 6.01. The van der Waals surface area contributed by atoms with Gasteiger partial charge in [0.1, 0.15) is 0 Å². The first-order valence-corrected chi connectivity index (χ1v) is 8.42. The summed E-state index contributed by atoms with van der Waals surface area (Å²) in [6.45, 7) is 5.42. The van der Waals surface area contributed by atoms with E-state index in [4.69, 9.17) is 5.84 Å². The van der Waals surface area contributed by atoms with Gasteiger partial charge in [0.25, 0.3) is 5.91 Å². The van der Waals surface area contributed by atoms with Crippen LogP contribution >= 0.6 is 11.3 Å². The summed E-state index contributed by atoms with van der Waals surface area (Å²) < 4.78 is 0. The Morgan fingerprint density at radius 2 is 2.35 bits per heavy atom. The van der Waals surface area contributed by atoms with Gasteiger partial charge in [-0.3, -0.25) is 15.1 Å². The lowest BCUT2D eigenvalue weighted by Crippen LogP contribution is -2.31. The minimum absolute atomic E-state index is 0.173. The molecule has 1 saturated heterocycles. The topological polar surface area (TPSA) is 58.4 Å². The van der Waals surface area contributed by atoms with Crippen LogP contribution in [0.5, 0.6) is 0 Å². The molecule has 1 atom stereocenters. The summed E-state index contributed by atoms with van der Waals surface area (Å²) in [5.41, 5.74) is 3.34. The maximum absolute atomic E-state index is 11.7. The second kappa shape index (κ2) is 7.76. The molecule has 1 aliphatic heterocycles. The molecule has 20 heavy (non-hydrogen) atoms. The Morgan fingerprint density at radius 3 is 3.10 bits per heavy atom. The van der Waals surface area contributed by atoms with E-state index in [2.05, 4.69) is 17.2 Å². The second-order valence-corrected chi connectivity index (χ2v) is 6.53. The highest BCUT2D eigenvalue weighted by Crippen LogP contribution is 2.24. The quantitative estimate of drug-likeness (QED) is 0.499. The van der Waals surface area contributed by atoms with Crippen molar-refractivity contribution in [2.24, 2.45) is 11.8 Å². The van der Waals surface area contributed by atoms with Crippen LogP contribution in [0, 0.1) is 5.92 Å². The van der Waals surface area contributed by atoms with Crippen molar-refractivity contribution >= 4 is 17.2 Å². The van der Waals surface area contributed by atoms with Crippen molar-refractivity contribution in [1.29, 1.82) is 0 Å². The van der Waals surface area contributed by atoms with E-state index in [0.717, 1.165) is 36.0 Å². The van der Waals surface area contributed by atoms with Gasteiger partial charge < -0.3 is 0 Å². The number of hydrogen-bond donors (Lipinski definition) is 2. The third kappa shape index (κ3) is 4.04. The molecule has 1 amide bonds. The van der Waals surface area contributed by atoms with Gasteiger partial charge in [-0.1, -0.05) is 19.8 Å². The first-order chi connectivity index (χ1) is 9.74. The Bertz CT molecular complexity index is 433. The molecule has 0 saturated carbocycles. The van der Waals surface area contributed by atoms with Crippen LogP contribution in [0.2, 0.25) is 0 Å². The maximum atomic E-state index is 11.7. The standard InChI is InChI=1S/C15H25N3OS/c1-2-4-12-5-3-8-18(9-6-12)11-13-7-10-20-14(13)15(19)17-16/h7,10,12H,2-6,8-9,11,16H2,1H3,(H,17,19). The molecule has 1 aromatic rings. The second-order valence-electron chi connectivity index (χ2n) is 5.61. The number of carbonyl (C=O) groups excluding carboxylic acids is 1. The largest absolute Gasteiger partial charge is 0.299 e. The molecule has 4 nitrogen and oxygen atoms in total. The van der Waals surface area contributed by atoms with Crippen LogP contribution in [0.4, 0.5) is 0 Å². The monoisotopic (exact) mass is 295 g/mol. The molecule has 5 heteroatoms. The fourth-order valence-electron chi connectivity index (χ4n) is 3.05. The molecule has 2 heterocycles. The zero-order valence-electron chi connectivity index (χ0n) is 12.2. The number of nitrogens with one attached hydrogen (secondary N) is 1. The van der Waals surface area contributed by atoms with E-state index in [9.17, 15) is 4.79 Å². The Hall–Kier alpha value is -0.910. The van der Waals surface area contributed by atoms with Gasteiger partial charge in [0.05, 0.1) is 4.88 Å². The molecule has 1 unspecified atom stereocenters. The fraction of sp³-hybridized carbons (Fsp3) is 0.667. The van der Waals surface area contributed by atoms with Crippen LogP contribution < -0.4 is 11.3 Å². The molecule has 2 rings (SSSR count). The summed E-state index contributed by atoms with van der Waals surface area (Å²) in [4.78, 5) is 14.9. The zero-order chi connectivity index (χ0) is 14.4. The van der Waals surface area contributed by atoms with Gasteiger partial charge in [-0.2, -0.15) is 0 Å². The third-order valence-electron chi connectivity index (χ3n) is 4.12. The van der Waals surface area contributed by atoms with Crippen molar-refractivity contribution in [2.45, 2.75) is 45.6 Å². The molecule has 0 radical (unpaired) electrons. The number of nitrogen functional groups attached to an aromatic ring is 1. The molecular formula is C15H25N3OS. The number of nitrogens with zero attached hydrogens (tertiary/aromatic N) is 1. The lowest BCUT2D eigenvalue weighted by atomic mass is 9.96. The fourth-order valence-corrected chi connectivity index (χ4v) is 3.86. The molecule has 1 aliphatic rings. The summed E-state index contributed by atoms with van der Waals surface area (Å²) in [7, 11) is 0. The van der Waals surface area contributed by atoms with Crippen molar-refractivity contribution in [2.75, 3.05) is 13.1 Å². The predicted octanol–water partition coefficient (Wildman–Crippen LogP) is 2.75. The van der Waals surface area contributed by atoms with Gasteiger partial charge in [0.15, 0.2) is 0 Å². The number of hydrazine groups is 1. The highest BCUT2D eigenvalue weighted by Gasteiger charge is 2.19. The van der Waals surface area contributed by atoms with Gasteiger partial charge >= 0.3 is 0 Å². The van der Waals surface area contributed by atoms with Gasteiger partial charge in [-0.05, 0) is 55.3 Å². The van der Waals surface area contributed by atoms with Crippen molar-refractivity contribution in [1.82, 2.24) is 10.3 Å². The van der Waals surface area contributed by atoms with Crippen LogP contribution in [-0.4, -0.2) is 23.9 Å². The van der Waals surface area contributed by atoms with E-state index in [1.165, 1.54) is 43.4 Å². The number of hydrogen-bond acceptors (Lipinski definition) is 4. The number of rotatable bonds is 5. The van der Waals surface area contributed by atoms with Crippen LogP contribution in [0.25, 0.3) is 0 Å². The molecule has 1 aromatic heterocycles. The number of likely N-dealkylation sites (tertiary alicyclic amines) is 1. The number of thiophene rings is 1. The summed E-state index contributed by atoms with van der Waals surface area (Å²) >= 11 is 1.47. The average Bonchev–Trinajstić information content (AvgIpc) is 2.80. The lowest BCUT2D eigenvalue weighted by Gasteiger charge is -2.20. The van der Waals surface area contributed by atoms with Gasteiger partial charge in [0.2, 0.25) is 0 Å². The van der Waals surface area contributed by atoms with Gasteiger partial charge in [0, 0.05) is 6.54 Å². The smallest absolute Gasteiger partial charge is 0.275 e. The van der Waals surface area contributed by atoms with E-state index >= 15 is 0 Å². The van der Waals surface area contributed by atoms with Crippen LogP contribution in [0.1, 0.15) is 54.3 Å². The van der Waals surface area contributed by atoms with E-state index < -0.39 is 0 Å². The number of amides is 1. The van der Waals surface area contributed by atoms with Crippen molar-refractivity contribution in [3.05, 3.63) is 21.9 Å². The predicted molar refractivity (Wildman–Crippen MR) is 83.5 cm³/mol. The minimum Gasteiger partial charge on any atom is -0.299 e. The molecule has 0 spiro atoms. The summed E-state index contributed by atoms with van der Waals surface area (Å²) in [5.74, 6) is 5.95. The Morgan fingerprint density at radius 1 is 1.50 bits per heavy atom. The first kappa shape index (κ1) is 15.5. The highest BCUT2D eigenvalue weighted by molar-refractivity contribution is 7.12. The SMILES string of the molecule is CCCC1CCCN(Cc2ccsc2C(=O)NN)CC1. The summed E-state index contributed by atoms with van der Waals surface area (Å²) in [5, 5.41) is 1.97. The van der Waals surface area contributed by atoms with E-state index in [0.29, 0.717) is 0 Å². The normalized spacial score (nSPS) is 20.6. The minimum atomic E-state index is -0.173. The summed E-state index contributed by atoms with van der Waals surface area (Å²) in [6, 6.07) is 2.05. The van der Waals surface area contributed by atoms with E-state index in [-0.39, 0.29) is 5.91 Å². The lowest BCUT2D eigenvalue weighted by molar-refractivity contribution is 0.0956. The first-order valence-electron chi connectivity index (χ1n) is 7.54. The van der Waals surface area contributed by atoms with Crippen LogP contribution in [0.15, 0.2) is 11.4 Å². The van der Waals surface area contributed by atoms with E-state index in [1.807, 2.05) is 11.4 Å². The molecule has 112 valence electrons. The molecule has 0 aromatic carbocycles. The molecule has 0 bridgehead atoms. The van der Waals surface area contributed by atoms with Crippen molar-refractivity contribution in [3.8, 4) is 0 Å². The van der Waals surface area contributed by atoms with Crippen molar-refractivity contribution in [3.63, 3.8) is 0 Å². The molecule has 1 fully saturated rings. The highest BCUT2D eigenvalue weighted by atomic mass is 32.1. The van der Waals surface area contributed by atoms with E-state index in [1.54, 1.807) is 0 Å². The van der Waals surface area contributed by atoms with Crippen molar-refractivity contribution < 1.29 is 4.79 Å². The Labute approximate surface area is 125 Å². The van der Waals surface area contributed by atoms with Gasteiger partial charge in [-0.15, -0.1) is 11.3 Å². The number of nitrogens with two attached hydrogens (primary N) is 1. The molecule has 3 N–H and O–H groups in total. The average molecular weight is 295 g/mol. The summed E-state index contributed by atoms with van der Waals surface area (Å²) in [6.07, 6.45) is 6.55. The Balaban J connectivity index is 1.93. The molecular weight excluding hydrogens is 270 g/mol. The van der Waals surface area contributed by atoms with Crippen LogP contribution in [-0.2, 0) is 6.54 Å². The zero-order valence-corrected chi connectivity index (χ0v) is 13.0.